The molecule has 0 spiro atoms. The minimum Gasteiger partial charge on any atom is -0.367 e. The second-order valence-electron chi connectivity index (χ2n) is 6.64. The summed E-state index contributed by atoms with van der Waals surface area (Å²) in [5, 5.41) is 3.52. The lowest BCUT2D eigenvalue weighted by Gasteiger charge is -2.37. The molecule has 116 valence electrons. The Morgan fingerprint density at radius 1 is 1.29 bits per heavy atom. The van der Waals surface area contributed by atoms with Crippen LogP contribution in [-0.2, 0) is 16.9 Å². The Morgan fingerprint density at radius 3 is 2.71 bits per heavy atom. The Morgan fingerprint density at radius 2 is 2.05 bits per heavy atom. The third-order valence-corrected chi connectivity index (χ3v) is 4.77. The van der Waals surface area contributed by atoms with E-state index >= 15 is 0 Å². The van der Waals surface area contributed by atoms with E-state index in [0.717, 1.165) is 43.4 Å². The van der Waals surface area contributed by atoms with E-state index < -0.39 is 0 Å². The lowest BCUT2D eigenvalue weighted by atomic mass is 9.79. The van der Waals surface area contributed by atoms with Gasteiger partial charge in [0.05, 0.1) is 5.69 Å². The second-order valence-corrected chi connectivity index (χ2v) is 6.64. The van der Waals surface area contributed by atoms with Gasteiger partial charge in [-0.25, -0.2) is 9.97 Å². The van der Waals surface area contributed by atoms with Gasteiger partial charge < -0.3 is 10.1 Å². The van der Waals surface area contributed by atoms with E-state index in [1.165, 1.54) is 25.7 Å². The van der Waals surface area contributed by atoms with Gasteiger partial charge in [0.2, 0.25) is 0 Å². The van der Waals surface area contributed by atoms with E-state index in [4.69, 9.17) is 9.72 Å². The number of rotatable bonds is 6. The maximum atomic E-state index is 6.15. The normalized spacial score (nSPS) is 29.5. The molecular weight excluding hydrogens is 262 g/mol. The molecule has 0 amide bonds. The quantitative estimate of drug-likeness (QED) is 0.874. The highest BCUT2D eigenvalue weighted by Gasteiger charge is 2.39. The zero-order chi connectivity index (χ0) is 14.7. The maximum absolute atomic E-state index is 6.15. The van der Waals surface area contributed by atoms with Gasteiger partial charge in [-0.15, -0.1) is 0 Å². The van der Waals surface area contributed by atoms with Crippen molar-refractivity contribution < 1.29 is 4.74 Å². The topological polar surface area (TPSA) is 47.0 Å². The highest BCUT2D eigenvalue weighted by Crippen LogP contribution is 2.41. The number of nitrogens with zero attached hydrogens (tertiary/aromatic N) is 2. The molecule has 21 heavy (non-hydrogen) atoms. The number of aromatic nitrogens is 2. The van der Waals surface area contributed by atoms with Crippen molar-refractivity contribution in [3.63, 3.8) is 0 Å². The first-order chi connectivity index (χ1) is 10.2. The minimum absolute atomic E-state index is 0.253. The van der Waals surface area contributed by atoms with Crippen LogP contribution in [0.2, 0.25) is 0 Å². The molecule has 2 fully saturated rings. The first-order valence-corrected chi connectivity index (χ1v) is 8.41. The summed E-state index contributed by atoms with van der Waals surface area (Å²) in [7, 11) is 0. The van der Waals surface area contributed by atoms with Crippen LogP contribution in [0.4, 0.5) is 0 Å². The molecule has 4 heteroatoms. The van der Waals surface area contributed by atoms with Crippen LogP contribution in [0.1, 0.15) is 63.9 Å². The fourth-order valence-electron chi connectivity index (χ4n) is 3.19. The average molecular weight is 289 g/mol. The molecule has 0 aromatic carbocycles. The molecule has 0 radical (unpaired) electrons. The molecule has 0 bridgehead atoms. The number of hydrogen-bond acceptors (Lipinski definition) is 4. The summed E-state index contributed by atoms with van der Waals surface area (Å²) < 4.78 is 6.15. The third-order valence-electron chi connectivity index (χ3n) is 4.77. The van der Waals surface area contributed by atoms with E-state index in [2.05, 4.69) is 24.1 Å². The van der Waals surface area contributed by atoms with E-state index in [9.17, 15) is 0 Å². The molecular formula is C17H27N3O. The van der Waals surface area contributed by atoms with Crippen LogP contribution in [0.15, 0.2) is 12.3 Å². The van der Waals surface area contributed by atoms with Crippen molar-refractivity contribution in [2.24, 2.45) is 5.92 Å². The number of nitrogens with one attached hydrogen (secondary N) is 1. The molecule has 1 heterocycles. The Hall–Kier alpha value is -1.00. The summed E-state index contributed by atoms with van der Waals surface area (Å²) in [4.78, 5) is 9.37. The Bertz CT molecular complexity index is 465. The van der Waals surface area contributed by atoms with Crippen LogP contribution in [0, 0.1) is 5.92 Å². The van der Waals surface area contributed by atoms with Crippen LogP contribution in [0.25, 0.3) is 0 Å². The van der Waals surface area contributed by atoms with E-state index in [0.29, 0.717) is 6.04 Å². The molecule has 0 atom stereocenters. The molecule has 2 saturated carbocycles. The van der Waals surface area contributed by atoms with E-state index in [-0.39, 0.29) is 5.60 Å². The summed E-state index contributed by atoms with van der Waals surface area (Å²) in [6.45, 7) is 5.96. The van der Waals surface area contributed by atoms with Gasteiger partial charge in [0, 0.05) is 25.4 Å². The van der Waals surface area contributed by atoms with Gasteiger partial charge in [-0.3, -0.25) is 0 Å². The SMILES string of the molecule is CCOC1(c2nccc(CNC3CC3)n2)CCC(C)CC1. The Labute approximate surface area is 127 Å². The van der Waals surface area contributed by atoms with Crippen molar-refractivity contribution in [2.75, 3.05) is 6.61 Å². The monoisotopic (exact) mass is 289 g/mol. The van der Waals surface area contributed by atoms with Crippen LogP contribution in [0.3, 0.4) is 0 Å². The largest absolute Gasteiger partial charge is 0.367 e. The molecule has 2 aliphatic rings. The molecule has 1 aromatic rings. The van der Waals surface area contributed by atoms with Crippen LogP contribution in [-0.4, -0.2) is 22.6 Å². The third kappa shape index (κ3) is 3.61. The maximum Gasteiger partial charge on any atom is 0.160 e. The van der Waals surface area contributed by atoms with Crippen molar-refractivity contribution in [2.45, 2.75) is 70.6 Å². The summed E-state index contributed by atoms with van der Waals surface area (Å²) in [5.41, 5.74) is 0.834. The lowest BCUT2D eigenvalue weighted by molar-refractivity contribution is -0.0838. The molecule has 0 saturated heterocycles. The molecule has 4 nitrogen and oxygen atoms in total. The van der Waals surface area contributed by atoms with Crippen molar-refractivity contribution >= 4 is 0 Å². The fourth-order valence-corrected chi connectivity index (χ4v) is 3.19. The molecule has 0 aliphatic heterocycles. The second kappa shape index (κ2) is 6.41. The summed E-state index contributed by atoms with van der Waals surface area (Å²) in [6, 6.07) is 2.73. The van der Waals surface area contributed by atoms with Gasteiger partial charge in [0.1, 0.15) is 5.60 Å². The number of hydrogen-bond donors (Lipinski definition) is 1. The van der Waals surface area contributed by atoms with E-state index in [1.807, 2.05) is 12.3 Å². The average Bonchev–Trinajstić information content (AvgIpc) is 3.33. The molecule has 3 rings (SSSR count). The first-order valence-electron chi connectivity index (χ1n) is 8.41. The van der Waals surface area contributed by atoms with Crippen LogP contribution < -0.4 is 5.32 Å². The van der Waals surface area contributed by atoms with Gasteiger partial charge in [-0.1, -0.05) is 6.92 Å². The molecule has 2 aliphatic carbocycles. The summed E-state index contributed by atoms with van der Waals surface area (Å²) in [5.74, 6) is 1.68. The van der Waals surface area contributed by atoms with Gasteiger partial charge >= 0.3 is 0 Å². The predicted octanol–water partition coefficient (Wildman–Crippen LogP) is 3.17. The van der Waals surface area contributed by atoms with Gasteiger partial charge in [0.15, 0.2) is 5.82 Å². The molecule has 0 unspecified atom stereocenters. The van der Waals surface area contributed by atoms with E-state index in [1.54, 1.807) is 0 Å². The molecule has 1 N–H and O–H groups in total. The van der Waals surface area contributed by atoms with Crippen molar-refractivity contribution in [3.05, 3.63) is 23.8 Å². The van der Waals surface area contributed by atoms with Crippen LogP contribution in [0.5, 0.6) is 0 Å². The van der Waals surface area contributed by atoms with Gasteiger partial charge in [-0.2, -0.15) is 0 Å². The highest BCUT2D eigenvalue weighted by molar-refractivity contribution is 5.10. The number of ether oxygens (including phenoxy) is 1. The minimum atomic E-state index is -0.253. The Kier molecular flexibility index (Phi) is 4.55. The Balaban J connectivity index is 1.76. The zero-order valence-corrected chi connectivity index (χ0v) is 13.3. The van der Waals surface area contributed by atoms with Crippen molar-refractivity contribution in [1.29, 1.82) is 0 Å². The van der Waals surface area contributed by atoms with Gasteiger partial charge in [0.25, 0.3) is 0 Å². The highest BCUT2D eigenvalue weighted by atomic mass is 16.5. The van der Waals surface area contributed by atoms with Crippen molar-refractivity contribution in [3.8, 4) is 0 Å². The first kappa shape index (κ1) is 14.9. The zero-order valence-electron chi connectivity index (χ0n) is 13.3. The standard InChI is InChI=1S/C17H27N3O/c1-3-21-17(9-6-13(2)7-10-17)16-18-11-8-15(20-16)12-19-14-4-5-14/h8,11,13-14,19H,3-7,9-10,12H2,1-2H3. The van der Waals surface area contributed by atoms with Crippen molar-refractivity contribution in [1.82, 2.24) is 15.3 Å². The summed E-state index contributed by atoms with van der Waals surface area (Å²) >= 11 is 0. The fraction of sp³-hybridized carbons (Fsp3) is 0.765. The summed E-state index contributed by atoms with van der Waals surface area (Å²) in [6.07, 6.45) is 8.99. The predicted molar refractivity (Wildman–Crippen MR) is 82.8 cm³/mol. The lowest BCUT2D eigenvalue weighted by Crippen LogP contribution is -2.36. The smallest absolute Gasteiger partial charge is 0.160 e. The molecule has 1 aromatic heterocycles. The van der Waals surface area contributed by atoms with Crippen LogP contribution >= 0.6 is 0 Å². The van der Waals surface area contributed by atoms with Gasteiger partial charge in [-0.05, 0) is 57.4 Å².